The van der Waals surface area contributed by atoms with Gasteiger partial charge in [-0.2, -0.15) is 0 Å². The number of amides is 1. The molecule has 98 valence electrons. The first-order chi connectivity index (χ1) is 8.45. The summed E-state index contributed by atoms with van der Waals surface area (Å²) < 4.78 is 4.59. The summed E-state index contributed by atoms with van der Waals surface area (Å²) in [6.45, 7) is -0.0347. The number of nitrogens with zero attached hydrogens (tertiary/aromatic N) is 1. The van der Waals surface area contributed by atoms with E-state index >= 15 is 0 Å². The molecule has 0 spiro atoms. The number of hydrogen-bond acceptors (Lipinski definition) is 5. The van der Waals surface area contributed by atoms with Crippen LogP contribution >= 0.6 is 23.2 Å². The molecular weight excluding hydrogens is 287 g/mol. The van der Waals surface area contributed by atoms with Crippen LogP contribution in [0.3, 0.4) is 0 Å². The van der Waals surface area contributed by atoms with Gasteiger partial charge in [-0.25, -0.2) is 4.79 Å². The molecule has 1 aromatic rings. The maximum absolute atomic E-state index is 11.2. The number of rotatable bonds is 4. The van der Waals surface area contributed by atoms with Crippen LogP contribution in [0.5, 0.6) is 5.75 Å². The molecule has 0 radical (unpaired) electrons. The van der Waals surface area contributed by atoms with Crippen molar-refractivity contribution in [1.82, 2.24) is 0 Å². The van der Waals surface area contributed by atoms with Crippen molar-refractivity contribution in [1.29, 1.82) is 0 Å². The smallest absolute Gasteiger partial charge is 0.411 e. The van der Waals surface area contributed by atoms with Crippen molar-refractivity contribution >= 4 is 40.7 Å². The molecule has 0 heterocycles. The van der Waals surface area contributed by atoms with Crippen molar-refractivity contribution in [3.8, 4) is 5.75 Å². The van der Waals surface area contributed by atoms with Gasteiger partial charge in [-0.3, -0.25) is 15.4 Å². The van der Waals surface area contributed by atoms with Crippen LogP contribution in [0, 0.1) is 10.1 Å². The molecule has 0 saturated carbocycles. The van der Waals surface area contributed by atoms with E-state index in [0.29, 0.717) is 0 Å². The van der Waals surface area contributed by atoms with E-state index in [0.717, 1.165) is 12.1 Å². The SMILES string of the molecule is O=C(Nc1cc(Cl)c(O)cc1[N+](=O)[O-])OCCCl. The van der Waals surface area contributed by atoms with Gasteiger partial charge >= 0.3 is 6.09 Å². The van der Waals surface area contributed by atoms with Gasteiger partial charge in [-0.1, -0.05) is 11.6 Å². The van der Waals surface area contributed by atoms with Crippen molar-refractivity contribution in [3.05, 3.63) is 27.3 Å². The monoisotopic (exact) mass is 294 g/mol. The van der Waals surface area contributed by atoms with Gasteiger partial charge in [0.25, 0.3) is 5.69 Å². The Kier molecular flexibility index (Phi) is 4.99. The zero-order valence-electron chi connectivity index (χ0n) is 8.85. The Labute approximate surface area is 111 Å². The number of nitro benzene ring substituents is 1. The van der Waals surface area contributed by atoms with Crippen LogP contribution in [0.4, 0.5) is 16.2 Å². The second-order valence-electron chi connectivity index (χ2n) is 3.03. The fourth-order valence-electron chi connectivity index (χ4n) is 1.08. The number of hydrogen-bond donors (Lipinski definition) is 2. The number of ether oxygens (including phenoxy) is 1. The van der Waals surface area contributed by atoms with Crippen molar-refractivity contribution in [2.45, 2.75) is 0 Å². The zero-order chi connectivity index (χ0) is 13.7. The lowest BCUT2D eigenvalue weighted by Crippen LogP contribution is -2.15. The molecule has 9 heteroatoms. The molecular formula is C9H8Cl2N2O5. The number of phenolic OH excluding ortho intramolecular Hbond substituents is 1. The second kappa shape index (κ2) is 6.27. The van der Waals surface area contributed by atoms with Crippen molar-refractivity contribution in [3.63, 3.8) is 0 Å². The van der Waals surface area contributed by atoms with Crippen LogP contribution in [0.15, 0.2) is 12.1 Å². The van der Waals surface area contributed by atoms with Crippen molar-refractivity contribution in [2.24, 2.45) is 0 Å². The molecule has 0 fully saturated rings. The zero-order valence-corrected chi connectivity index (χ0v) is 10.4. The molecule has 0 atom stereocenters. The molecule has 2 N–H and O–H groups in total. The highest BCUT2D eigenvalue weighted by atomic mass is 35.5. The van der Waals surface area contributed by atoms with Crippen LogP contribution in [-0.4, -0.2) is 28.6 Å². The van der Waals surface area contributed by atoms with E-state index < -0.39 is 22.5 Å². The highest BCUT2D eigenvalue weighted by Crippen LogP contribution is 2.34. The Hall–Kier alpha value is -1.73. The summed E-state index contributed by atoms with van der Waals surface area (Å²) in [4.78, 5) is 21.2. The number of anilines is 1. The number of alkyl halides is 1. The third-order valence-corrected chi connectivity index (χ3v) is 2.27. The number of carbonyl (C=O) groups excluding carboxylic acids is 1. The van der Waals surface area contributed by atoms with Gasteiger partial charge in [0.1, 0.15) is 18.0 Å². The van der Waals surface area contributed by atoms with Crippen LogP contribution < -0.4 is 5.32 Å². The summed E-state index contributed by atoms with van der Waals surface area (Å²) in [7, 11) is 0. The quantitative estimate of drug-likeness (QED) is 0.385. The molecule has 0 aliphatic carbocycles. The third kappa shape index (κ3) is 3.64. The number of nitro groups is 1. The lowest BCUT2D eigenvalue weighted by Gasteiger charge is -2.07. The first-order valence-corrected chi connectivity index (χ1v) is 5.53. The molecule has 18 heavy (non-hydrogen) atoms. The average molecular weight is 295 g/mol. The maximum atomic E-state index is 11.2. The van der Waals surface area contributed by atoms with Crippen molar-refractivity contribution < 1.29 is 19.6 Å². The Morgan fingerprint density at radius 1 is 1.56 bits per heavy atom. The average Bonchev–Trinajstić information content (AvgIpc) is 2.30. The van der Waals surface area contributed by atoms with Crippen LogP contribution in [0.25, 0.3) is 0 Å². The van der Waals surface area contributed by atoms with E-state index in [4.69, 9.17) is 23.2 Å². The molecule has 1 amide bonds. The molecule has 0 bridgehead atoms. The molecule has 0 saturated heterocycles. The van der Waals surface area contributed by atoms with E-state index in [1.807, 2.05) is 0 Å². The van der Waals surface area contributed by atoms with Crippen LogP contribution in [0.1, 0.15) is 0 Å². The van der Waals surface area contributed by atoms with Gasteiger partial charge in [0.15, 0.2) is 0 Å². The Morgan fingerprint density at radius 3 is 2.78 bits per heavy atom. The van der Waals surface area contributed by atoms with Gasteiger partial charge < -0.3 is 9.84 Å². The minimum absolute atomic E-state index is 0.0347. The lowest BCUT2D eigenvalue weighted by molar-refractivity contribution is -0.384. The largest absolute Gasteiger partial charge is 0.506 e. The van der Waals surface area contributed by atoms with E-state index in [1.54, 1.807) is 0 Å². The van der Waals surface area contributed by atoms with Gasteiger partial charge in [0.05, 0.1) is 21.9 Å². The van der Waals surface area contributed by atoms with E-state index in [-0.39, 0.29) is 23.2 Å². The van der Waals surface area contributed by atoms with Crippen molar-refractivity contribution in [2.75, 3.05) is 17.8 Å². The van der Waals surface area contributed by atoms with E-state index in [9.17, 15) is 20.0 Å². The summed E-state index contributed by atoms with van der Waals surface area (Å²) in [6, 6.07) is 1.89. The molecule has 0 aromatic heterocycles. The van der Waals surface area contributed by atoms with Gasteiger partial charge in [-0.05, 0) is 6.07 Å². The van der Waals surface area contributed by atoms with Gasteiger partial charge in [0.2, 0.25) is 0 Å². The molecule has 0 aliphatic rings. The highest BCUT2D eigenvalue weighted by molar-refractivity contribution is 6.32. The summed E-state index contributed by atoms with van der Waals surface area (Å²) in [5.74, 6) is -0.352. The fourth-order valence-corrected chi connectivity index (χ4v) is 1.32. The summed E-state index contributed by atoms with van der Waals surface area (Å²) in [6.07, 6.45) is -0.902. The molecule has 0 aliphatic heterocycles. The van der Waals surface area contributed by atoms with Gasteiger partial charge in [0, 0.05) is 0 Å². The minimum Gasteiger partial charge on any atom is -0.506 e. The van der Waals surface area contributed by atoms with E-state index in [1.165, 1.54) is 0 Å². The normalized spacial score (nSPS) is 9.89. The topological polar surface area (TPSA) is 102 Å². The lowest BCUT2D eigenvalue weighted by atomic mass is 10.2. The minimum atomic E-state index is -0.902. The van der Waals surface area contributed by atoms with Crippen LogP contribution in [0.2, 0.25) is 5.02 Å². The predicted octanol–water partition coefficient (Wildman–Crippen LogP) is 2.74. The molecule has 1 rings (SSSR count). The molecule has 0 unspecified atom stereocenters. The number of nitrogens with one attached hydrogen (secondary N) is 1. The maximum Gasteiger partial charge on any atom is 0.411 e. The standard InChI is InChI=1S/C9H8Cl2N2O5/c10-1-2-18-9(15)12-6-3-5(11)8(14)4-7(6)13(16)17/h3-4,14H,1-2H2,(H,12,15). The molecule has 1 aromatic carbocycles. The number of carbonyl (C=O) groups is 1. The summed E-state index contributed by atoms with van der Waals surface area (Å²) in [5, 5.41) is 22.0. The Morgan fingerprint density at radius 2 is 2.22 bits per heavy atom. The number of aromatic hydroxyl groups is 1. The summed E-state index contributed by atoms with van der Waals surface area (Å²) >= 11 is 10.9. The second-order valence-corrected chi connectivity index (χ2v) is 3.81. The first-order valence-electron chi connectivity index (χ1n) is 4.62. The van der Waals surface area contributed by atoms with E-state index in [2.05, 4.69) is 10.1 Å². The third-order valence-electron chi connectivity index (χ3n) is 1.81. The summed E-state index contributed by atoms with van der Waals surface area (Å²) in [5.41, 5.74) is -0.679. The number of halogens is 2. The number of phenols is 1. The predicted molar refractivity (Wildman–Crippen MR) is 65.5 cm³/mol. The van der Waals surface area contributed by atoms with Gasteiger partial charge in [-0.15, -0.1) is 11.6 Å². The number of benzene rings is 1. The Balaban J connectivity index is 2.96. The first kappa shape index (κ1) is 14.3. The van der Waals surface area contributed by atoms with Crippen LogP contribution in [-0.2, 0) is 4.74 Å². The molecule has 7 nitrogen and oxygen atoms in total. The fraction of sp³-hybridized carbons (Fsp3) is 0.222. The highest BCUT2D eigenvalue weighted by Gasteiger charge is 2.19. The Bertz CT molecular complexity index is 480.